The van der Waals surface area contributed by atoms with Crippen molar-refractivity contribution in [1.82, 2.24) is 0 Å². The molecule has 3 aliphatic heterocycles. The van der Waals surface area contributed by atoms with Crippen LogP contribution in [0.5, 0.6) is 0 Å². The van der Waals surface area contributed by atoms with Crippen molar-refractivity contribution < 1.29 is 32.8 Å². The van der Waals surface area contributed by atoms with E-state index in [1.807, 2.05) is 12.1 Å². The summed E-state index contributed by atoms with van der Waals surface area (Å²) in [6.07, 6.45) is 1.01. The maximum absolute atomic E-state index is 5.92. The fourth-order valence-corrected chi connectivity index (χ4v) is 2.77. The van der Waals surface area contributed by atoms with E-state index in [4.69, 9.17) is 32.8 Å². The Kier molecular flexibility index (Phi) is 5.40. The number of rotatable bonds is 10. The van der Waals surface area contributed by atoms with Crippen LogP contribution in [0.4, 0.5) is 0 Å². The third-order valence-corrected chi connectivity index (χ3v) is 4.81. The molecule has 25 heavy (non-hydrogen) atoms. The van der Waals surface area contributed by atoms with Crippen molar-refractivity contribution in [3.63, 3.8) is 0 Å². The first-order valence-electron chi connectivity index (χ1n) is 8.97. The van der Waals surface area contributed by atoms with E-state index in [1.165, 1.54) is 0 Å². The minimum absolute atomic E-state index is 0.103. The van der Waals surface area contributed by atoms with E-state index in [2.05, 4.69) is 6.92 Å². The van der Waals surface area contributed by atoms with Gasteiger partial charge in [-0.05, 0) is 18.6 Å². The maximum atomic E-state index is 5.92. The second-order valence-corrected chi connectivity index (χ2v) is 7.05. The van der Waals surface area contributed by atoms with E-state index in [0.29, 0.717) is 45.4 Å². The average Bonchev–Trinajstić information content (AvgIpc) is 3.56. The largest absolute Gasteiger partial charge is 0.458 e. The molecule has 0 bridgehead atoms. The number of furan rings is 1. The lowest BCUT2D eigenvalue weighted by atomic mass is 9.87. The van der Waals surface area contributed by atoms with Gasteiger partial charge in [-0.15, -0.1) is 0 Å². The van der Waals surface area contributed by atoms with Crippen LogP contribution >= 0.6 is 0 Å². The van der Waals surface area contributed by atoms with Crippen molar-refractivity contribution in [2.75, 3.05) is 46.2 Å². The van der Waals surface area contributed by atoms with Gasteiger partial charge in [0.2, 0.25) is 6.29 Å². The van der Waals surface area contributed by atoms with Crippen LogP contribution in [0.2, 0.25) is 0 Å². The quantitative estimate of drug-likeness (QED) is 0.595. The summed E-state index contributed by atoms with van der Waals surface area (Å²) in [5.74, 6) is 1.45. The van der Waals surface area contributed by atoms with E-state index < -0.39 is 6.29 Å². The Morgan fingerprint density at radius 2 is 1.68 bits per heavy atom. The lowest BCUT2D eigenvalue weighted by Crippen LogP contribution is -2.42. The predicted octanol–water partition coefficient (Wildman–Crippen LogP) is 2.05. The van der Waals surface area contributed by atoms with Gasteiger partial charge in [-0.3, -0.25) is 0 Å². The molecule has 0 saturated carbocycles. The number of hydrogen-bond acceptors (Lipinski definition) is 7. The van der Waals surface area contributed by atoms with Gasteiger partial charge in [-0.1, -0.05) is 6.92 Å². The Labute approximate surface area is 147 Å². The van der Waals surface area contributed by atoms with Gasteiger partial charge >= 0.3 is 0 Å². The standard InChI is InChI=1S/C18H26O7/c1-2-18(10-20-7-15-9-22-15)11-23-17(24-12-18)16-4-3-13(25-16)5-19-6-14-8-21-14/h3-4,14-15,17H,2,5-12H2,1H3. The Morgan fingerprint density at radius 1 is 1.00 bits per heavy atom. The molecule has 0 amide bonds. The molecule has 0 radical (unpaired) electrons. The highest BCUT2D eigenvalue weighted by Gasteiger charge is 2.38. The zero-order chi connectivity index (χ0) is 17.1. The molecule has 4 rings (SSSR count). The lowest BCUT2D eigenvalue weighted by Gasteiger charge is -2.38. The van der Waals surface area contributed by atoms with Gasteiger partial charge < -0.3 is 32.8 Å². The molecule has 2 atom stereocenters. The van der Waals surface area contributed by atoms with Crippen LogP contribution in [0, 0.1) is 5.41 Å². The average molecular weight is 354 g/mol. The molecule has 140 valence electrons. The Morgan fingerprint density at radius 3 is 2.32 bits per heavy atom. The SMILES string of the molecule is CCC1(COCC2CO2)COC(c2ccc(COCC3CO3)o2)OC1. The Bertz CT molecular complexity index is 541. The molecule has 4 heterocycles. The summed E-state index contributed by atoms with van der Waals surface area (Å²) in [5, 5.41) is 0. The topological polar surface area (TPSA) is 75.1 Å². The summed E-state index contributed by atoms with van der Waals surface area (Å²) in [7, 11) is 0. The van der Waals surface area contributed by atoms with Crippen LogP contribution in [0.3, 0.4) is 0 Å². The van der Waals surface area contributed by atoms with Gasteiger partial charge in [0.15, 0.2) is 5.76 Å². The summed E-state index contributed by atoms with van der Waals surface area (Å²) < 4.78 is 39.2. The van der Waals surface area contributed by atoms with Crippen LogP contribution in [0.15, 0.2) is 16.5 Å². The second-order valence-electron chi connectivity index (χ2n) is 7.05. The maximum Gasteiger partial charge on any atom is 0.217 e. The van der Waals surface area contributed by atoms with Gasteiger partial charge in [0, 0.05) is 5.41 Å². The van der Waals surface area contributed by atoms with Crippen molar-refractivity contribution in [1.29, 1.82) is 0 Å². The van der Waals surface area contributed by atoms with Crippen molar-refractivity contribution in [3.05, 3.63) is 23.7 Å². The first-order chi connectivity index (χ1) is 12.3. The summed E-state index contributed by atoms with van der Waals surface area (Å²) >= 11 is 0. The van der Waals surface area contributed by atoms with Crippen LogP contribution in [0.25, 0.3) is 0 Å². The molecule has 1 aromatic rings. The first-order valence-corrected chi connectivity index (χ1v) is 8.97. The molecule has 0 spiro atoms. The summed E-state index contributed by atoms with van der Waals surface area (Å²) in [5.41, 5.74) is -0.103. The molecule has 0 N–H and O–H groups in total. The molecule has 1 aromatic heterocycles. The van der Waals surface area contributed by atoms with Gasteiger partial charge in [0.05, 0.1) is 46.2 Å². The molecule has 3 aliphatic rings. The zero-order valence-electron chi connectivity index (χ0n) is 14.6. The molecule has 7 nitrogen and oxygen atoms in total. The molecular weight excluding hydrogens is 328 g/mol. The van der Waals surface area contributed by atoms with E-state index in [1.54, 1.807) is 0 Å². The predicted molar refractivity (Wildman–Crippen MR) is 86.0 cm³/mol. The third-order valence-electron chi connectivity index (χ3n) is 4.81. The van der Waals surface area contributed by atoms with Crippen molar-refractivity contribution in [3.8, 4) is 0 Å². The molecular formula is C18H26O7. The number of ether oxygens (including phenoxy) is 6. The van der Waals surface area contributed by atoms with Crippen molar-refractivity contribution >= 4 is 0 Å². The lowest BCUT2D eigenvalue weighted by molar-refractivity contribution is -0.251. The Balaban J connectivity index is 1.23. The summed E-state index contributed by atoms with van der Waals surface area (Å²) in [6, 6.07) is 3.78. The minimum atomic E-state index is -0.466. The molecule has 0 aromatic carbocycles. The first kappa shape index (κ1) is 17.5. The fourth-order valence-electron chi connectivity index (χ4n) is 2.77. The molecule has 0 aliphatic carbocycles. The van der Waals surface area contributed by atoms with Gasteiger partial charge in [-0.2, -0.15) is 0 Å². The van der Waals surface area contributed by atoms with E-state index in [-0.39, 0.29) is 17.6 Å². The fraction of sp³-hybridized carbons (Fsp3) is 0.778. The second kappa shape index (κ2) is 7.73. The van der Waals surface area contributed by atoms with Gasteiger partial charge in [0.1, 0.15) is 24.6 Å². The highest BCUT2D eigenvalue weighted by atomic mass is 16.7. The van der Waals surface area contributed by atoms with Crippen LogP contribution in [-0.2, 0) is 35.0 Å². The van der Waals surface area contributed by atoms with E-state index >= 15 is 0 Å². The number of hydrogen-bond donors (Lipinski definition) is 0. The van der Waals surface area contributed by atoms with Crippen molar-refractivity contribution in [2.45, 2.75) is 38.4 Å². The minimum Gasteiger partial charge on any atom is -0.458 e. The highest BCUT2D eigenvalue weighted by molar-refractivity contribution is 5.08. The van der Waals surface area contributed by atoms with Gasteiger partial charge in [0.25, 0.3) is 0 Å². The van der Waals surface area contributed by atoms with E-state index in [0.717, 1.165) is 25.4 Å². The summed E-state index contributed by atoms with van der Waals surface area (Å²) in [6.45, 7) is 7.23. The van der Waals surface area contributed by atoms with Crippen LogP contribution < -0.4 is 0 Å². The van der Waals surface area contributed by atoms with Crippen molar-refractivity contribution in [2.24, 2.45) is 5.41 Å². The number of epoxide rings is 2. The summed E-state index contributed by atoms with van der Waals surface area (Å²) in [4.78, 5) is 0. The zero-order valence-corrected chi connectivity index (χ0v) is 14.6. The molecule has 3 saturated heterocycles. The Hall–Kier alpha value is -0.960. The van der Waals surface area contributed by atoms with E-state index in [9.17, 15) is 0 Å². The van der Waals surface area contributed by atoms with Crippen LogP contribution in [0.1, 0.15) is 31.2 Å². The highest BCUT2D eigenvalue weighted by Crippen LogP contribution is 2.35. The normalized spacial score (nSPS) is 34.2. The molecule has 3 fully saturated rings. The monoisotopic (exact) mass is 354 g/mol. The molecule has 7 heteroatoms. The van der Waals surface area contributed by atoms with Crippen LogP contribution in [-0.4, -0.2) is 58.5 Å². The van der Waals surface area contributed by atoms with Gasteiger partial charge in [-0.25, -0.2) is 0 Å². The third kappa shape index (κ3) is 4.81. The molecule has 2 unspecified atom stereocenters. The smallest absolute Gasteiger partial charge is 0.217 e.